The topological polar surface area (TPSA) is 8.20 Å². The van der Waals surface area contributed by atoms with E-state index in [-0.39, 0.29) is 0 Å². The van der Waals surface area contributed by atoms with Gasteiger partial charge >= 0.3 is 0 Å². The van der Waals surface area contributed by atoms with Crippen molar-refractivity contribution in [2.75, 3.05) is 0 Å². The second-order valence-electron chi connectivity index (χ2n) is 3.28. The minimum Gasteiger partial charge on any atom is -0.156 e. The quantitative estimate of drug-likeness (QED) is 0.364. The number of aromatic nitrogens is 2. The molecule has 3 aromatic rings. The van der Waals surface area contributed by atoms with Crippen molar-refractivity contribution in [2.24, 2.45) is 0 Å². The highest BCUT2D eigenvalue weighted by atomic mass is 14.9. The molecule has 0 bridgehead atoms. The summed E-state index contributed by atoms with van der Waals surface area (Å²) >= 11 is 0. The third-order valence-corrected chi connectivity index (χ3v) is 2.43. The van der Waals surface area contributed by atoms with E-state index in [4.69, 9.17) is 0 Å². The van der Waals surface area contributed by atoms with E-state index in [1.54, 1.807) is 0 Å². The molecule has 0 N–H and O–H groups in total. The molecule has 0 amide bonds. The van der Waals surface area contributed by atoms with Crippen LogP contribution in [0.5, 0.6) is 0 Å². The summed E-state index contributed by atoms with van der Waals surface area (Å²) in [5.74, 6) is 0. The first-order valence-electron chi connectivity index (χ1n) is 4.64. The molecule has 0 aliphatic rings. The Labute approximate surface area is 81.7 Å². The van der Waals surface area contributed by atoms with E-state index >= 15 is 0 Å². The summed E-state index contributed by atoms with van der Waals surface area (Å²) in [5, 5.41) is 0. The van der Waals surface area contributed by atoms with Crippen molar-refractivity contribution in [1.82, 2.24) is 0 Å². The Kier molecular flexibility index (Phi) is 1.47. The molecule has 0 unspecified atom stereocenters. The molecule has 66 valence electrons. The zero-order valence-electron chi connectivity index (χ0n) is 7.67. The van der Waals surface area contributed by atoms with Crippen LogP contribution in [-0.2, 0) is 0 Å². The first kappa shape index (κ1) is 7.44. The number of hydrogen-bond acceptors (Lipinski definition) is 0. The Balaban J connectivity index is 2.61. The molecule has 14 heavy (non-hydrogen) atoms. The molecule has 0 aromatic carbocycles. The van der Waals surface area contributed by atoms with Gasteiger partial charge in [-0.15, -0.1) is 0 Å². The summed E-state index contributed by atoms with van der Waals surface area (Å²) in [4.78, 5) is 0. The zero-order chi connectivity index (χ0) is 9.38. The first-order chi connectivity index (χ1) is 6.95. The van der Waals surface area contributed by atoms with Crippen LogP contribution in [0, 0.1) is 0 Å². The third kappa shape index (κ3) is 0.973. The molecule has 3 heterocycles. The number of fused-ring (bicyclic) bond motifs is 3. The summed E-state index contributed by atoms with van der Waals surface area (Å²) in [6.07, 6.45) is 8.23. The van der Waals surface area contributed by atoms with Gasteiger partial charge in [-0.1, -0.05) is 0 Å². The lowest BCUT2D eigenvalue weighted by Crippen LogP contribution is -2.30. The van der Waals surface area contributed by atoms with E-state index in [2.05, 4.69) is 57.9 Å². The van der Waals surface area contributed by atoms with Crippen molar-refractivity contribution < 1.29 is 8.80 Å². The van der Waals surface area contributed by atoms with Crippen LogP contribution in [0.15, 0.2) is 61.2 Å². The van der Waals surface area contributed by atoms with Crippen molar-refractivity contribution in [1.29, 1.82) is 0 Å². The second-order valence-corrected chi connectivity index (χ2v) is 3.28. The molecular weight excluding hydrogens is 172 g/mol. The molecule has 0 atom stereocenters. The minimum absolute atomic E-state index is 1.22. The molecule has 0 fully saturated rings. The normalized spacial score (nSPS) is 10.9. The fraction of sp³-hybridized carbons (Fsp3) is 0. The lowest BCUT2D eigenvalue weighted by molar-refractivity contribution is -0.564. The van der Waals surface area contributed by atoms with Crippen molar-refractivity contribution in [3.05, 3.63) is 61.2 Å². The zero-order valence-corrected chi connectivity index (χ0v) is 7.67. The number of hydrogen-bond donors (Lipinski definition) is 0. The van der Waals surface area contributed by atoms with E-state index in [1.165, 1.54) is 11.0 Å². The molecular formula is C12H10N2+2. The van der Waals surface area contributed by atoms with Crippen molar-refractivity contribution in [3.63, 3.8) is 0 Å². The largest absolute Gasteiger partial charge is 0.283 e. The summed E-state index contributed by atoms with van der Waals surface area (Å²) < 4.78 is 4.24. The Morgan fingerprint density at radius 1 is 0.571 bits per heavy atom. The van der Waals surface area contributed by atoms with Crippen LogP contribution < -0.4 is 8.80 Å². The molecule has 0 spiro atoms. The van der Waals surface area contributed by atoms with Crippen molar-refractivity contribution >= 4 is 11.0 Å². The highest BCUT2D eigenvalue weighted by Gasteiger charge is 2.11. The lowest BCUT2D eigenvalue weighted by Gasteiger charge is -1.90. The maximum absolute atomic E-state index is 2.12. The number of nitrogens with zero attached hydrogens (tertiary/aromatic N) is 2. The fourth-order valence-electron chi connectivity index (χ4n) is 1.75. The van der Waals surface area contributed by atoms with Crippen LogP contribution in [0.2, 0.25) is 0 Å². The van der Waals surface area contributed by atoms with E-state index in [1.807, 2.05) is 12.1 Å². The predicted octanol–water partition coefficient (Wildman–Crippen LogP) is 1.16. The predicted molar refractivity (Wildman–Crippen MR) is 52.8 cm³/mol. The smallest absolute Gasteiger partial charge is 0.156 e. The minimum atomic E-state index is 1.22. The second kappa shape index (κ2) is 2.77. The van der Waals surface area contributed by atoms with Crippen LogP contribution in [0.4, 0.5) is 0 Å². The number of pyridine rings is 2. The lowest BCUT2D eigenvalue weighted by atomic mass is 10.3. The van der Waals surface area contributed by atoms with E-state index in [9.17, 15) is 0 Å². The highest BCUT2D eigenvalue weighted by Crippen LogP contribution is 2.01. The summed E-state index contributed by atoms with van der Waals surface area (Å²) in [7, 11) is 0. The molecule has 0 aliphatic carbocycles. The van der Waals surface area contributed by atoms with Gasteiger partial charge in [-0.3, -0.25) is 0 Å². The van der Waals surface area contributed by atoms with Gasteiger partial charge in [-0.25, -0.2) is 0 Å². The first-order valence-corrected chi connectivity index (χ1v) is 4.64. The average Bonchev–Trinajstić information content (AvgIpc) is 2.29. The molecule has 3 aromatic heterocycles. The Bertz CT molecular complexity index is 547. The van der Waals surface area contributed by atoms with Crippen LogP contribution in [0.25, 0.3) is 11.0 Å². The average molecular weight is 182 g/mol. The molecule has 2 heteroatoms. The van der Waals surface area contributed by atoms with Crippen LogP contribution >= 0.6 is 0 Å². The molecule has 0 saturated carbocycles. The molecule has 0 aliphatic heterocycles. The SMILES string of the molecule is c1cc[n+]2cc[n+]3ccccc3c2c1. The van der Waals surface area contributed by atoms with Gasteiger partial charge in [0.15, 0.2) is 12.4 Å². The van der Waals surface area contributed by atoms with Crippen molar-refractivity contribution in [2.45, 2.75) is 0 Å². The summed E-state index contributed by atoms with van der Waals surface area (Å²) in [6.45, 7) is 0. The van der Waals surface area contributed by atoms with Gasteiger partial charge in [0.2, 0.25) is 12.4 Å². The van der Waals surface area contributed by atoms with Gasteiger partial charge in [-0.2, -0.15) is 8.80 Å². The standard InChI is InChI=1S/C12H10N2/c1-3-7-13-9-10-14-8-4-2-6-12(14)11(13)5-1/h1-10H/q+2. The molecule has 3 rings (SSSR count). The molecule has 2 nitrogen and oxygen atoms in total. The summed E-state index contributed by atoms with van der Waals surface area (Å²) in [5.41, 5.74) is 2.44. The Morgan fingerprint density at radius 2 is 1.07 bits per heavy atom. The van der Waals surface area contributed by atoms with Gasteiger partial charge < -0.3 is 0 Å². The molecule has 0 radical (unpaired) electrons. The summed E-state index contributed by atoms with van der Waals surface area (Å²) in [6, 6.07) is 12.4. The maximum Gasteiger partial charge on any atom is 0.283 e. The monoisotopic (exact) mass is 182 g/mol. The van der Waals surface area contributed by atoms with Crippen LogP contribution in [-0.4, -0.2) is 0 Å². The van der Waals surface area contributed by atoms with Crippen LogP contribution in [0.3, 0.4) is 0 Å². The van der Waals surface area contributed by atoms with Crippen molar-refractivity contribution in [3.8, 4) is 0 Å². The van der Waals surface area contributed by atoms with Gasteiger partial charge in [0.05, 0.1) is 0 Å². The number of rotatable bonds is 0. The van der Waals surface area contributed by atoms with Gasteiger partial charge in [0.1, 0.15) is 0 Å². The van der Waals surface area contributed by atoms with Gasteiger partial charge in [-0.05, 0) is 12.1 Å². The van der Waals surface area contributed by atoms with Gasteiger partial charge in [0, 0.05) is 24.3 Å². The Hall–Kier alpha value is -1.96. The fourth-order valence-corrected chi connectivity index (χ4v) is 1.75. The maximum atomic E-state index is 2.12. The highest BCUT2D eigenvalue weighted by molar-refractivity contribution is 5.65. The third-order valence-electron chi connectivity index (χ3n) is 2.43. The Morgan fingerprint density at radius 3 is 1.57 bits per heavy atom. The van der Waals surface area contributed by atoms with E-state index < -0.39 is 0 Å². The van der Waals surface area contributed by atoms with Crippen LogP contribution in [0.1, 0.15) is 0 Å². The van der Waals surface area contributed by atoms with E-state index in [0.29, 0.717) is 0 Å². The van der Waals surface area contributed by atoms with E-state index in [0.717, 1.165) is 0 Å². The molecule has 0 saturated heterocycles. The van der Waals surface area contributed by atoms with Gasteiger partial charge in [0.25, 0.3) is 11.0 Å².